The summed E-state index contributed by atoms with van der Waals surface area (Å²) in [6, 6.07) is 0. The van der Waals surface area contributed by atoms with Gasteiger partial charge in [0, 0.05) is 0 Å². The van der Waals surface area contributed by atoms with E-state index in [4.69, 9.17) is 0 Å². The Bertz CT molecular complexity index is 118. The van der Waals surface area contributed by atoms with Gasteiger partial charge < -0.3 is 0 Å². The van der Waals surface area contributed by atoms with E-state index in [2.05, 4.69) is 34.6 Å². The van der Waals surface area contributed by atoms with Crippen molar-refractivity contribution in [3.63, 3.8) is 0 Å². The fourth-order valence-electron chi connectivity index (χ4n) is 1.62. The second kappa shape index (κ2) is 1.53. The number of hydrogen-bond donors (Lipinski definition) is 0. The lowest BCUT2D eigenvalue weighted by molar-refractivity contribution is 0.218. The van der Waals surface area contributed by atoms with Crippen molar-refractivity contribution in [2.45, 2.75) is 41.0 Å². The van der Waals surface area contributed by atoms with E-state index in [0.717, 1.165) is 5.92 Å². The van der Waals surface area contributed by atoms with Gasteiger partial charge in [0.1, 0.15) is 0 Å². The number of rotatable bonds is 0. The molecular weight excluding hydrogens is 108 g/mol. The molecular formula is C9H18. The zero-order chi connectivity index (χ0) is 7.28. The molecule has 0 radical (unpaired) electrons. The van der Waals surface area contributed by atoms with Crippen LogP contribution < -0.4 is 0 Å². The standard InChI is InChI=1S/C9H18/c1-7-6-9(7,5)8(2,3)4/h7H,6H2,1-5H3. The summed E-state index contributed by atoms with van der Waals surface area (Å²) in [5, 5.41) is 0. The molecule has 0 saturated heterocycles. The minimum atomic E-state index is 0.520. The van der Waals surface area contributed by atoms with Gasteiger partial charge in [-0.3, -0.25) is 0 Å². The van der Waals surface area contributed by atoms with E-state index in [9.17, 15) is 0 Å². The highest BCUT2D eigenvalue weighted by atomic mass is 14.6. The van der Waals surface area contributed by atoms with Crippen LogP contribution in [0.2, 0.25) is 0 Å². The van der Waals surface area contributed by atoms with Crippen molar-refractivity contribution >= 4 is 0 Å². The highest BCUT2D eigenvalue weighted by Gasteiger charge is 2.54. The maximum absolute atomic E-state index is 2.40. The van der Waals surface area contributed by atoms with Crippen molar-refractivity contribution in [1.82, 2.24) is 0 Å². The Balaban J connectivity index is 2.64. The second-order valence-corrected chi connectivity index (χ2v) is 4.77. The smallest absolute Gasteiger partial charge is 0.0249 e. The van der Waals surface area contributed by atoms with E-state index in [1.54, 1.807) is 0 Å². The Kier molecular flexibility index (Phi) is 1.21. The zero-order valence-electron chi connectivity index (χ0n) is 7.28. The van der Waals surface area contributed by atoms with Gasteiger partial charge in [-0.05, 0) is 23.2 Å². The third-order valence-electron chi connectivity index (χ3n) is 3.37. The Labute approximate surface area is 58.7 Å². The Hall–Kier alpha value is 0. The SMILES string of the molecule is CC1CC1(C)C(C)(C)C. The fourth-order valence-corrected chi connectivity index (χ4v) is 1.62. The van der Waals surface area contributed by atoms with E-state index in [1.807, 2.05) is 0 Å². The van der Waals surface area contributed by atoms with Crippen LogP contribution >= 0.6 is 0 Å². The molecule has 0 heterocycles. The second-order valence-electron chi connectivity index (χ2n) is 4.77. The molecule has 0 aromatic carbocycles. The normalized spacial score (nSPS) is 43.0. The van der Waals surface area contributed by atoms with E-state index in [-0.39, 0.29) is 0 Å². The highest BCUT2D eigenvalue weighted by molar-refractivity contribution is 5.03. The van der Waals surface area contributed by atoms with Crippen LogP contribution in [0.4, 0.5) is 0 Å². The molecule has 0 heteroatoms. The van der Waals surface area contributed by atoms with Crippen molar-refractivity contribution in [3.05, 3.63) is 0 Å². The van der Waals surface area contributed by atoms with Gasteiger partial charge in [0.05, 0.1) is 0 Å². The van der Waals surface area contributed by atoms with Crippen molar-refractivity contribution in [1.29, 1.82) is 0 Å². The molecule has 1 fully saturated rings. The molecule has 1 aliphatic rings. The van der Waals surface area contributed by atoms with Crippen LogP contribution in [0, 0.1) is 16.7 Å². The molecule has 0 spiro atoms. The summed E-state index contributed by atoms with van der Waals surface area (Å²) in [4.78, 5) is 0. The highest BCUT2D eigenvalue weighted by Crippen LogP contribution is 2.62. The van der Waals surface area contributed by atoms with Crippen LogP contribution in [0.15, 0.2) is 0 Å². The molecule has 1 rings (SSSR count). The molecule has 0 aromatic heterocycles. The van der Waals surface area contributed by atoms with Crippen LogP contribution in [0.25, 0.3) is 0 Å². The summed E-state index contributed by atoms with van der Waals surface area (Å²) in [6.07, 6.45) is 1.43. The van der Waals surface area contributed by atoms with Gasteiger partial charge in [0.2, 0.25) is 0 Å². The van der Waals surface area contributed by atoms with E-state index in [1.165, 1.54) is 6.42 Å². The molecule has 9 heavy (non-hydrogen) atoms. The first-order valence-electron chi connectivity index (χ1n) is 3.88. The molecule has 0 amide bonds. The van der Waals surface area contributed by atoms with Gasteiger partial charge in [0.15, 0.2) is 0 Å². The van der Waals surface area contributed by atoms with Crippen molar-refractivity contribution < 1.29 is 0 Å². The predicted molar refractivity (Wildman–Crippen MR) is 41.3 cm³/mol. The summed E-state index contributed by atoms with van der Waals surface area (Å²) in [5.74, 6) is 0.956. The Morgan fingerprint density at radius 3 is 1.67 bits per heavy atom. The molecule has 1 aliphatic carbocycles. The van der Waals surface area contributed by atoms with E-state index >= 15 is 0 Å². The maximum Gasteiger partial charge on any atom is -0.0249 e. The molecule has 0 N–H and O–H groups in total. The van der Waals surface area contributed by atoms with E-state index in [0.29, 0.717) is 10.8 Å². The van der Waals surface area contributed by atoms with Crippen LogP contribution in [0.5, 0.6) is 0 Å². The summed E-state index contributed by atoms with van der Waals surface area (Å²) in [6.45, 7) is 11.8. The van der Waals surface area contributed by atoms with Crippen LogP contribution in [-0.2, 0) is 0 Å². The number of hydrogen-bond acceptors (Lipinski definition) is 0. The van der Waals surface area contributed by atoms with Gasteiger partial charge >= 0.3 is 0 Å². The largest absolute Gasteiger partial charge is 0.0619 e. The van der Waals surface area contributed by atoms with E-state index < -0.39 is 0 Å². The molecule has 2 unspecified atom stereocenters. The third-order valence-corrected chi connectivity index (χ3v) is 3.37. The molecule has 0 bridgehead atoms. The van der Waals surface area contributed by atoms with Gasteiger partial charge in [-0.1, -0.05) is 34.6 Å². The van der Waals surface area contributed by atoms with Crippen molar-refractivity contribution in [2.75, 3.05) is 0 Å². The van der Waals surface area contributed by atoms with Crippen LogP contribution in [0.1, 0.15) is 41.0 Å². The average Bonchev–Trinajstić information content (AvgIpc) is 2.13. The minimum absolute atomic E-state index is 0.520. The lowest BCUT2D eigenvalue weighted by Gasteiger charge is -2.27. The summed E-state index contributed by atoms with van der Waals surface area (Å²) < 4.78 is 0. The zero-order valence-corrected chi connectivity index (χ0v) is 7.28. The Morgan fingerprint density at radius 2 is 1.67 bits per heavy atom. The fraction of sp³-hybridized carbons (Fsp3) is 1.00. The molecule has 54 valence electrons. The lowest BCUT2D eigenvalue weighted by Crippen LogP contribution is -2.19. The summed E-state index contributed by atoms with van der Waals surface area (Å²) in [5.41, 5.74) is 1.17. The molecule has 1 saturated carbocycles. The topological polar surface area (TPSA) is 0 Å². The van der Waals surface area contributed by atoms with Gasteiger partial charge in [-0.15, -0.1) is 0 Å². The molecule has 0 aromatic rings. The minimum Gasteiger partial charge on any atom is -0.0619 e. The molecule has 2 atom stereocenters. The lowest BCUT2D eigenvalue weighted by atomic mass is 9.78. The summed E-state index contributed by atoms with van der Waals surface area (Å²) in [7, 11) is 0. The quantitative estimate of drug-likeness (QED) is 0.468. The molecule has 0 nitrogen and oxygen atoms in total. The molecule has 0 aliphatic heterocycles. The monoisotopic (exact) mass is 126 g/mol. The van der Waals surface area contributed by atoms with Crippen molar-refractivity contribution in [2.24, 2.45) is 16.7 Å². The van der Waals surface area contributed by atoms with Crippen molar-refractivity contribution in [3.8, 4) is 0 Å². The first kappa shape index (κ1) is 7.11. The first-order chi connectivity index (χ1) is 3.88. The van der Waals surface area contributed by atoms with Crippen LogP contribution in [-0.4, -0.2) is 0 Å². The van der Waals surface area contributed by atoms with Gasteiger partial charge in [-0.25, -0.2) is 0 Å². The summed E-state index contributed by atoms with van der Waals surface area (Å²) >= 11 is 0. The predicted octanol–water partition coefficient (Wildman–Crippen LogP) is 3.08. The Morgan fingerprint density at radius 1 is 1.33 bits per heavy atom. The maximum atomic E-state index is 2.40. The first-order valence-corrected chi connectivity index (χ1v) is 3.88. The van der Waals surface area contributed by atoms with Gasteiger partial charge in [0.25, 0.3) is 0 Å². The third kappa shape index (κ3) is 0.889. The average molecular weight is 126 g/mol. The van der Waals surface area contributed by atoms with Gasteiger partial charge in [-0.2, -0.15) is 0 Å². The van der Waals surface area contributed by atoms with Crippen LogP contribution in [0.3, 0.4) is 0 Å².